The molecule has 0 spiro atoms. The van der Waals surface area contributed by atoms with Crippen molar-refractivity contribution in [1.82, 2.24) is 20.2 Å². The first-order chi connectivity index (χ1) is 10.8. The largest absolute Gasteiger partial charge is 0.489 e. The van der Waals surface area contributed by atoms with Gasteiger partial charge in [-0.15, -0.1) is 10.2 Å². The van der Waals surface area contributed by atoms with Gasteiger partial charge in [0.05, 0.1) is 6.54 Å². The summed E-state index contributed by atoms with van der Waals surface area (Å²) in [7, 11) is 0. The van der Waals surface area contributed by atoms with Crippen molar-refractivity contribution in [2.45, 2.75) is 13.2 Å². The molecule has 0 unspecified atom stereocenters. The highest BCUT2D eigenvalue weighted by Gasteiger charge is 2.05. The highest BCUT2D eigenvalue weighted by molar-refractivity contribution is 5.55. The van der Waals surface area contributed by atoms with E-state index in [0.29, 0.717) is 25.5 Å². The van der Waals surface area contributed by atoms with Crippen LogP contribution < -0.4 is 10.5 Å². The summed E-state index contributed by atoms with van der Waals surface area (Å²) in [6.45, 7) is 1.60. The summed E-state index contributed by atoms with van der Waals surface area (Å²) >= 11 is 0. The van der Waals surface area contributed by atoms with E-state index in [4.69, 9.17) is 10.5 Å². The predicted molar refractivity (Wildman–Crippen MR) is 83.1 cm³/mol. The summed E-state index contributed by atoms with van der Waals surface area (Å²) in [6, 6.07) is 17.7. The van der Waals surface area contributed by atoms with Gasteiger partial charge in [-0.25, -0.2) is 0 Å². The molecule has 3 aromatic rings. The molecule has 0 fully saturated rings. The number of rotatable bonds is 6. The van der Waals surface area contributed by atoms with Crippen molar-refractivity contribution in [3.8, 4) is 17.1 Å². The number of benzene rings is 2. The van der Waals surface area contributed by atoms with Crippen molar-refractivity contribution in [2.24, 2.45) is 5.73 Å². The molecule has 22 heavy (non-hydrogen) atoms. The van der Waals surface area contributed by atoms with Gasteiger partial charge < -0.3 is 10.5 Å². The lowest BCUT2D eigenvalue weighted by Crippen LogP contribution is -2.12. The summed E-state index contributed by atoms with van der Waals surface area (Å²) in [5.41, 5.74) is 7.50. The molecule has 0 saturated heterocycles. The lowest BCUT2D eigenvalue weighted by Gasteiger charge is -2.06. The molecule has 0 atom stereocenters. The minimum atomic E-state index is 0.488. The number of nitrogens with two attached hydrogens (primary N) is 1. The molecule has 0 aliphatic heterocycles. The topological polar surface area (TPSA) is 78.9 Å². The van der Waals surface area contributed by atoms with Crippen LogP contribution in [-0.4, -0.2) is 26.8 Å². The van der Waals surface area contributed by atoms with E-state index in [1.807, 2.05) is 54.6 Å². The van der Waals surface area contributed by atoms with Crippen molar-refractivity contribution >= 4 is 0 Å². The van der Waals surface area contributed by atoms with Crippen LogP contribution in [0.4, 0.5) is 0 Å². The van der Waals surface area contributed by atoms with Crippen molar-refractivity contribution < 1.29 is 4.74 Å². The van der Waals surface area contributed by atoms with Gasteiger partial charge in [-0.3, -0.25) is 0 Å². The van der Waals surface area contributed by atoms with Gasteiger partial charge in [0.25, 0.3) is 0 Å². The standard InChI is InChI=1S/C16H17N5O/c17-10-11-21-19-16(18-20-21)14-6-8-15(9-7-14)22-12-13-4-2-1-3-5-13/h1-9H,10-12,17H2. The predicted octanol–water partition coefficient (Wildman–Crippen LogP) is 1.88. The van der Waals surface area contributed by atoms with E-state index in [0.717, 1.165) is 16.9 Å². The summed E-state index contributed by atoms with van der Waals surface area (Å²) in [6.07, 6.45) is 0. The fourth-order valence-corrected chi connectivity index (χ4v) is 2.01. The molecule has 1 aromatic heterocycles. The van der Waals surface area contributed by atoms with E-state index in [1.54, 1.807) is 0 Å². The molecule has 2 N–H and O–H groups in total. The number of tetrazole rings is 1. The van der Waals surface area contributed by atoms with Crippen molar-refractivity contribution in [3.05, 3.63) is 60.2 Å². The van der Waals surface area contributed by atoms with Crippen LogP contribution in [0.1, 0.15) is 5.56 Å². The maximum absolute atomic E-state index is 5.75. The first-order valence-corrected chi connectivity index (χ1v) is 7.10. The van der Waals surface area contributed by atoms with E-state index in [-0.39, 0.29) is 0 Å². The zero-order valence-corrected chi connectivity index (χ0v) is 12.1. The molecule has 0 aliphatic carbocycles. The molecule has 0 bridgehead atoms. The van der Waals surface area contributed by atoms with Crippen LogP contribution in [-0.2, 0) is 13.2 Å². The third kappa shape index (κ3) is 3.48. The van der Waals surface area contributed by atoms with E-state index in [9.17, 15) is 0 Å². The van der Waals surface area contributed by atoms with Crippen LogP contribution in [0.2, 0.25) is 0 Å². The second-order valence-corrected chi connectivity index (χ2v) is 4.80. The normalized spacial score (nSPS) is 10.6. The lowest BCUT2D eigenvalue weighted by atomic mass is 10.2. The Kier molecular flexibility index (Phi) is 4.41. The highest BCUT2D eigenvalue weighted by atomic mass is 16.5. The van der Waals surface area contributed by atoms with Gasteiger partial charge in [0.2, 0.25) is 5.82 Å². The molecule has 6 nitrogen and oxygen atoms in total. The van der Waals surface area contributed by atoms with Gasteiger partial charge in [0, 0.05) is 12.1 Å². The van der Waals surface area contributed by atoms with Crippen LogP contribution in [0.15, 0.2) is 54.6 Å². The Hall–Kier alpha value is -2.73. The lowest BCUT2D eigenvalue weighted by molar-refractivity contribution is 0.306. The van der Waals surface area contributed by atoms with Crippen LogP contribution in [0.5, 0.6) is 5.75 Å². The van der Waals surface area contributed by atoms with E-state index < -0.39 is 0 Å². The van der Waals surface area contributed by atoms with Crippen LogP contribution in [0.3, 0.4) is 0 Å². The maximum Gasteiger partial charge on any atom is 0.204 e. The van der Waals surface area contributed by atoms with Gasteiger partial charge in [0.1, 0.15) is 12.4 Å². The zero-order valence-electron chi connectivity index (χ0n) is 12.1. The fourth-order valence-electron chi connectivity index (χ4n) is 2.01. The Morgan fingerprint density at radius 1 is 1.00 bits per heavy atom. The summed E-state index contributed by atoms with van der Waals surface area (Å²) in [4.78, 5) is 1.50. The van der Waals surface area contributed by atoms with Crippen molar-refractivity contribution in [2.75, 3.05) is 6.54 Å². The fraction of sp³-hybridized carbons (Fsp3) is 0.188. The second kappa shape index (κ2) is 6.82. The smallest absolute Gasteiger partial charge is 0.204 e. The molecule has 0 saturated carbocycles. The molecule has 6 heteroatoms. The number of nitrogens with zero attached hydrogens (tertiary/aromatic N) is 4. The third-order valence-corrected chi connectivity index (χ3v) is 3.14. The van der Waals surface area contributed by atoms with E-state index >= 15 is 0 Å². The molecule has 1 heterocycles. The zero-order chi connectivity index (χ0) is 15.2. The van der Waals surface area contributed by atoms with Crippen LogP contribution in [0, 0.1) is 0 Å². The molecule has 0 radical (unpaired) electrons. The Morgan fingerprint density at radius 3 is 2.50 bits per heavy atom. The van der Waals surface area contributed by atoms with Gasteiger partial charge in [-0.05, 0) is 35.0 Å². The second-order valence-electron chi connectivity index (χ2n) is 4.80. The van der Waals surface area contributed by atoms with Crippen molar-refractivity contribution in [3.63, 3.8) is 0 Å². The number of hydrogen-bond donors (Lipinski definition) is 1. The van der Waals surface area contributed by atoms with Crippen LogP contribution >= 0.6 is 0 Å². The summed E-state index contributed by atoms with van der Waals surface area (Å²) in [5.74, 6) is 1.39. The minimum Gasteiger partial charge on any atom is -0.489 e. The van der Waals surface area contributed by atoms with Gasteiger partial charge >= 0.3 is 0 Å². The van der Waals surface area contributed by atoms with Crippen molar-refractivity contribution in [1.29, 1.82) is 0 Å². The molecule has 0 amide bonds. The van der Waals surface area contributed by atoms with Gasteiger partial charge in [-0.2, -0.15) is 4.80 Å². The van der Waals surface area contributed by atoms with Crippen LogP contribution in [0.25, 0.3) is 11.4 Å². The summed E-state index contributed by atoms with van der Waals surface area (Å²) < 4.78 is 5.75. The quantitative estimate of drug-likeness (QED) is 0.751. The first-order valence-electron chi connectivity index (χ1n) is 7.10. The minimum absolute atomic E-state index is 0.488. The summed E-state index contributed by atoms with van der Waals surface area (Å²) in [5, 5.41) is 12.2. The highest BCUT2D eigenvalue weighted by Crippen LogP contribution is 2.19. The average molecular weight is 295 g/mol. The Bertz CT molecular complexity index is 709. The Balaban J connectivity index is 1.64. The third-order valence-electron chi connectivity index (χ3n) is 3.14. The number of aromatic nitrogens is 4. The molecule has 2 aromatic carbocycles. The molecule has 0 aliphatic rings. The number of ether oxygens (including phenoxy) is 1. The molecular weight excluding hydrogens is 278 g/mol. The van der Waals surface area contributed by atoms with E-state index in [2.05, 4.69) is 15.4 Å². The SMILES string of the molecule is NCCn1nnc(-c2ccc(OCc3ccccc3)cc2)n1. The Morgan fingerprint density at radius 2 is 1.77 bits per heavy atom. The number of hydrogen-bond acceptors (Lipinski definition) is 5. The molecule has 112 valence electrons. The van der Waals surface area contributed by atoms with E-state index in [1.165, 1.54) is 4.80 Å². The Labute approximate surface area is 128 Å². The molecular formula is C16H17N5O. The molecule has 3 rings (SSSR count). The maximum atomic E-state index is 5.75. The first kappa shape index (κ1) is 14.2. The monoisotopic (exact) mass is 295 g/mol. The van der Waals surface area contributed by atoms with Gasteiger partial charge in [0.15, 0.2) is 0 Å². The van der Waals surface area contributed by atoms with Gasteiger partial charge in [-0.1, -0.05) is 30.3 Å². The average Bonchev–Trinajstić information content (AvgIpc) is 3.03.